The molecule has 40 heavy (non-hydrogen) atoms. The van der Waals surface area contributed by atoms with E-state index in [2.05, 4.69) is 28.5 Å². The number of alkyl halides is 6. The van der Waals surface area contributed by atoms with Gasteiger partial charge in [-0.1, -0.05) is 55.8 Å². The molecule has 1 aromatic heterocycles. The van der Waals surface area contributed by atoms with Crippen LogP contribution in [0.15, 0.2) is 40.3 Å². The lowest BCUT2D eigenvalue weighted by Crippen LogP contribution is -2.59. The minimum Gasteiger partial charge on any atom is -0.359 e. The van der Waals surface area contributed by atoms with Crippen LogP contribution >= 0.6 is 23.1 Å². The number of hydrogen-bond donors (Lipinski definition) is 0. The van der Waals surface area contributed by atoms with E-state index >= 15 is 0 Å². The van der Waals surface area contributed by atoms with Crippen LogP contribution in [-0.2, 0) is 9.47 Å². The van der Waals surface area contributed by atoms with E-state index < -0.39 is 31.2 Å². The number of ether oxygens (including phenoxy) is 2. The van der Waals surface area contributed by atoms with Gasteiger partial charge in [-0.15, -0.1) is 11.3 Å². The van der Waals surface area contributed by atoms with E-state index in [4.69, 9.17) is 4.98 Å². The minimum atomic E-state index is -5.59. The fourth-order valence-electron chi connectivity index (χ4n) is 7.11. The second-order valence-electron chi connectivity index (χ2n) is 11.4. The molecule has 0 aliphatic heterocycles. The molecule has 2 aromatic rings. The van der Waals surface area contributed by atoms with Gasteiger partial charge in [0.15, 0.2) is 4.34 Å². The van der Waals surface area contributed by atoms with Crippen molar-refractivity contribution in [3.05, 3.63) is 35.9 Å². The number of rotatable bonds is 11. The van der Waals surface area contributed by atoms with E-state index in [-0.39, 0.29) is 30.1 Å². The Morgan fingerprint density at radius 2 is 1.88 bits per heavy atom. The number of halogens is 6. The minimum absolute atomic E-state index is 0.00171. The quantitative estimate of drug-likeness (QED) is 0.110. The molecule has 0 saturated heterocycles. The van der Waals surface area contributed by atoms with Gasteiger partial charge >= 0.3 is 12.4 Å². The van der Waals surface area contributed by atoms with Gasteiger partial charge in [-0.25, -0.2) is 4.98 Å². The topological polar surface area (TPSA) is 31.4 Å². The number of nitrogens with zero attached hydrogens (tertiary/aromatic N) is 1. The van der Waals surface area contributed by atoms with E-state index in [1.54, 1.807) is 23.1 Å². The number of fused-ring (bicyclic) bond motifs is 2. The third kappa shape index (κ3) is 6.37. The molecule has 224 valence electrons. The van der Waals surface area contributed by atoms with Crippen molar-refractivity contribution in [3.8, 4) is 0 Å². The van der Waals surface area contributed by atoms with Crippen molar-refractivity contribution in [2.75, 3.05) is 19.7 Å². The van der Waals surface area contributed by atoms with Crippen LogP contribution in [0.3, 0.4) is 0 Å². The van der Waals surface area contributed by atoms with Crippen molar-refractivity contribution < 1.29 is 35.8 Å². The number of hydrogen-bond acceptors (Lipinski definition) is 5. The predicted molar refractivity (Wildman–Crippen MR) is 147 cm³/mol. The molecule has 0 radical (unpaired) electrons. The molecule has 0 bridgehead atoms. The molecule has 0 unspecified atom stereocenters. The maximum absolute atomic E-state index is 13.7. The molecule has 0 amide bonds. The summed E-state index contributed by atoms with van der Waals surface area (Å²) in [6.45, 7) is 3.18. The van der Waals surface area contributed by atoms with Crippen LogP contribution < -0.4 is 0 Å². The first kappa shape index (κ1) is 31.6. The highest BCUT2D eigenvalue weighted by molar-refractivity contribution is 8.01. The maximum Gasteiger partial charge on any atom is 0.426 e. The number of methoxy groups -OCH3 is 1. The summed E-state index contributed by atoms with van der Waals surface area (Å²) in [5.41, 5.74) is -1.77. The van der Waals surface area contributed by atoms with E-state index in [0.29, 0.717) is 5.92 Å². The van der Waals surface area contributed by atoms with Crippen molar-refractivity contribution in [3.63, 3.8) is 0 Å². The van der Waals surface area contributed by atoms with Crippen LogP contribution in [0.5, 0.6) is 0 Å². The van der Waals surface area contributed by atoms with Crippen LogP contribution in [0, 0.1) is 23.2 Å². The van der Waals surface area contributed by atoms with Gasteiger partial charge in [0.05, 0.1) is 10.2 Å². The molecule has 2 saturated carbocycles. The number of thiazole rings is 1. The lowest BCUT2D eigenvalue weighted by atomic mass is 9.60. The predicted octanol–water partition coefficient (Wildman–Crippen LogP) is 9.82. The van der Waals surface area contributed by atoms with Crippen molar-refractivity contribution in [2.24, 2.45) is 23.2 Å². The number of aromatic nitrogens is 1. The van der Waals surface area contributed by atoms with Gasteiger partial charge < -0.3 is 9.47 Å². The van der Waals surface area contributed by atoms with Crippen molar-refractivity contribution in [2.45, 2.75) is 87.5 Å². The van der Waals surface area contributed by atoms with Gasteiger partial charge in [-0.05, 0) is 80.2 Å². The molecule has 2 aliphatic rings. The Morgan fingerprint density at radius 3 is 2.55 bits per heavy atom. The Morgan fingerprint density at radius 1 is 1.15 bits per heavy atom. The maximum atomic E-state index is 13.7. The Balaban J connectivity index is 1.38. The highest BCUT2D eigenvalue weighted by Gasteiger charge is 2.71. The summed E-state index contributed by atoms with van der Waals surface area (Å²) in [6.07, 6.45) is -4.91. The third-order valence-corrected chi connectivity index (χ3v) is 11.2. The number of thioether (sulfide) groups is 1. The summed E-state index contributed by atoms with van der Waals surface area (Å²) < 4.78 is 93.1. The number of allylic oxidation sites excluding steroid dienone is 1. The SMILES string of the molecule is COCOC(CCC[C@@H](C)[C@H]1CC[C@H]2/C(=C/CSc3nc4ccccc4s3)CCC[C@]12C)(C(F)(F)F)C(F)(F)F. The molecule has 2 fully saturated rings. The molecular weight excluding hydrogens is 572 g/mol. The highest BCUT2D eigenvalue weighted by atomic mass is 32.2. The molecule has 3 nitrogen and oxygen atoms in total. The molecule has 2 aliphatic carbocycles. The Bertz CT molecular complexity index is 1120. The lowest BCUT2D eigenvalue weighted by Gasteiger charge is -2.44. The average Bonchev–Trinajstić information content (AvgIpc) is 3.45. The molecule has 1 aromatic carbocycles. The van der Waals surface area contributed by atoms with Gasteiger partial charge in [0.1, 0.15) is 6.79 Å². The summed E-state index contributed by atoms with van der Waals surface area (Å²) in [6, 6.07) is 8.08. The molecule has 4 rings (SSSR count). The fourth-order valence-corrected chi connectivity index (χ4v) is 9.11. The normalized spacial score (nSPS) is 26.0. The molecular formula is C29H37F6NO2S2. The largest absolute Gasteiger partial charge is 0.426 e. The molecule has 0 N–H and O–H groups in total. The first-order chi connectivity index (χ1) is 18.8. The summed E-state index contributed by atoms with van der Waals surface area (Å²) in [4.78, 5) is 4.70. The van der Waals surface area contributed by atoms with E-state index in [9.17, 15) is 26.3 Å². The summed E-state index contributed by atoms with van der Waals surface area (Å²) in [5.74, 6) is 1.50. The lowest BCUT2D eigenvalue weighted by molar-refractivity contribution is -0.394. The molecule has 11 heteroatoms. The Hall–Kier alpha value is -1.30. The summed E-state index contributed by atoms with van der Waals surface area (Å²) in [7, 11) is 1.00. The molecule has 0 spiro atoms. The highest BCUT2D eigenvalue weighted by Crippen LogP contribution is 2.60. The van der Waals surface area contributed by atoms with Crippen molar-refractivity contribution >= 4 is 33.3 Å². The monoisotopic (exact) mass is 609 g/mol. The van der Waals surface area contributed by atoms with E-state index in [1.165, 1.54) is 10.3 Å². The van der Waals surface area contributed by atoms with Gasteiger partial charge in [0.25, 0.3) is 5.60 Å². The first-order valence-corrected chi connectivity index (χ1v) is 15.6. The summed E-state index contributed by atoms with van der Waals surface area (Å²) in [5, 5.41) is 0. The van der Waals surface area contributed by atoms with E-state index in [0.717, 1.165) is 54.8 Å². The zero-order valence-electron chi connectivity index (χ0n) is 23.0. The van der Waals surface area contributed by atoms with Crippen LogP contribution in [0.4, 0.5) is 26.3 Å². The van der Waals surface area contributed by atoms with Gasteiger partial charge in [-0.3, -0.25) is 0 Å². The molecule has 1 heterocycles. The van der Waals surface area contributed by atoms with Crippen LogP contribution in [0.2, 0.25) is 0 Å². The van der Waals surface area contributed by atoms with Gasteiger partial charge in [0, 0.05) is 12.9 Å². The average molecular weight is 610 g/mol. The third-order valence-electron chi connectivity index (χ3n) is 9.08. The Labute approximate surface area is 240 Å². The standard InChI is InChI=1S/C29H37F6NO2S2/c1-19(8-6-16-27(28(30,31)32,29(33,34)35)38-18-37-3)21-12-13-22-20(9-7-15-26(21,22)2)14-17-39-25-36-23-10-4-5-11-24(23)40-25/h4-5,10-11,14,19,21-22H,6-9,12-13,15-18H2,1-3H3/b20-14+/t19-,21-,22+,26-/m1/s1. The fraction of sp³-hybridized carbons (Fsp3) is 0.690. The zero-order chi connectivity index (χ0) is 29.2. The molecule has 4 atom stereocenters. The second kappa shape index (κ2) is 12.5. The van der Waals surface area contributed by atoms with Gasteiger partial charge in [-0.2, -0.15) is 26.3 Å². The van der Waals surface area contributed by atoms with Crippen LogP contribution in [-0.4, -0.2) is 42.6 Å². The number of benzene rings is 1. The van der Waals surface area contributed by atoms with Crippen molar-refractivity contribution in [1.82, 2.24) is 4.98 Å². The van der Waals surface area contributed by atoms with Crippen LogP contribution in [0.1, 0.15) is 65.2 Å². The number of para-hydroxylation sites is 1. The summed E-state index contributed by atoms with van der Waals surface area (Å²) >= 11 is 3.42. The second-order valence-corrected chi connectivity index (χ2v) is 13.7. The Kier molecular flexibility index (Phi) is 9.90. The smallest absolute Gasteiger partial charge is 0.359 e. The zero-order valence-corrected chi connectivity index (χ0v) is 24.7. The van der Waals surface area contributed by atoms with Crippen LogP contribution in [0.25, 0.3) is 10.2 Å². The van der Waals surface area contributed by atoms with E-state index in [1.807, 2.05) is 25.1 Å². The first-order valence-electron chi connectivity index (χ1n) is 13.8. The van der Waals surface area contributed by atoms with Gasteiger partial charge in [0.2, 0.25) is 0 Å². The van der Waals surface area contributed by atoms with Crippen molar-refractivity contribution in [1.29, 1.82) is 0 Å².